The molecule has 10 heteroatoms. The Hall–Kier alpha value is -3.36. The van der Waals surface area contributed by atoms with E-state index in [1.807, 2.05) is 22.9 Å². The number of amides is 1. The molecule has 34 heavy (non-hydrogen) atoms. The molecule has 1 amide bonds. The first-order valence-electron chi connectivity index (χ1n) is 10.9. The highest BCUT2D eigenvalue weighted by molar-refractivity contribution is 7.18. The molecule has 8 nitrogen and oxygen atoms in total. The van der Waals surface area contributed by atoms with Gasteiger partial charge in [-0.15, -0.1) is 22.7 Å². The van der Waals surface area contributed by atoms with Crippen molar-refractivity contribution in [2.24, 2.45) is 0 Å². The maximum atomic E-state index is 12.8. The van der Waals surface area contributed by atoms with Gasteiger partial charge in [0.05, 0.1) is 30.1 Å². The Kier molecular flexibility index (Phi) is 6.51. The van der Waals surface area contributed by atoms with Crippen LogP contribution < -0.4 is 10.9 Å². The number of nitriles is 1. The first-order valence-corrected chi connectivity index (χ1v) is 12.6. The number of carbonyl (C=O) groups excluding carboxylic acids is 1. The topological polar surface area (TPSA) is 105 Å². The van der Waals surface area contributed by atoms with Gasteiger partial charge in [0.15, 0.2) is 0 Å². The number of fused-ring (bicyclic) bond motifs is 1. The van der Waals surface area contributed by atoms with Crippen LogP contribution in [0.15, 0.2) is 52.0 Å². The molecule has 0 radical (unpaired) electrons. The number of hydrogen-bond acceptors (Lipinski definition) is 8. The fourth-order valence-electron chi connectivity index (χ4n) is 4.07. The fourth-order valence-corrected chi connectivity index (χ4v) is 5.85. The van der Waals surface area contributed by atoms with E-state index in [1.165, 1.54) is 11.3 Å². The summed E-state index contributed by atoms with van der Waals surface area (Å²) in [5, 5.41) is 16.5. The Morgan fingerprint density at radius 2 is 1.97 bits per heavy atom. The SMILES string of the molecule is N#Cc1cccc(NC(=O)CN2CCN(Cc3nc4scc(-c5cccs5)c4c(=O)[nH]3)CC2)c1. The highest BCUT2D eigenvalue weighted by Gasteiger charge is 2.21. The number of aromatic nitrogens is 2. The van der Waals surface area contributed by atoms with Gasteiger partial charge in [-0.05, 0) is 29.6 Å². The molecule has 1 saturated heterocycles. The summed E-state index contributed by atoms with van der Waals surface area (Å²) in [6.45, 7) is 3.93. The number of nitrogens with one attached hydrogen (secondary N) is 2. The van der Waals surface area contributed by atoms with Crippen LogP contribution in [-0.2, 0) is 11.3 Å². The molecule has 1 fully saturated rings. The van der Waals surface area contributed by atoms with Crippen LogP contribution in [0.5, 0.6) is 0 Å². The third-order valence-electron chi connectivity index (χ3n) is 5.76. The van der Waals surface area contributed by atoms with Gasteiger partial charge < -0.3 is 10.3 Å². The van der Waals surface area contributed by atoms with Crippen LogP contribution in [0.3, 0.4) is 0 Å². The number of rotatable bonds is 6. The molecule has 4 aromatic rings. The van der Waals surface area contributed by atoms with Gasteiger partial charge >= 0.3 is 0 Å². The number of thiophene rings is 2. The molecule has 5 rings (SSSR count). The summed E-state index contributed by atoms with van der Waals surface area (Å²) in [6.07, 6.45) is 0. The quantitative estimate of drug-likeness (QED) is 0.430. The van der Waals surface area contributed by atoms with Crippen molar-refractivity contribution in [1.82, 2.24) is 19.8 Å². The number of aromatic amines is 1. The minimum atomic E-state index is -0.0979. The lowest BCUT2D eigenvalue weighted by Gasteiger charge is -2.33. The Morgan fingerprint density at radius 3 is 2.74 bits per heavy atom. The Balaban J connectivity index is 1.17. The third kappa shape index (κ3) is 4.93. The average molecular weight is 491 g/mol. The summed E-state index contributed by atoms with van der Waals surface area (Å²) in [5.74, 6) is 0.569. The number of carbonyl (C=O) groups is 1. The van der Waals surface area contributed by atoms with E-state index >= 15 is 0 Å². The number of piperazine rings is 1. The predicted octanol–water partition coefficient (Wildman–Crippen LogP) is 3.34. The lowest BCUT2D eigenvalue weighted by atomic mass is 10.2. The summed E-state index contributed by atoms with van der Waals surface area (Å²) >= 11 is 3.11. The molecule has 4 heterocycles. The normalized spacial score (nSPS) is 14.8. The van der Waals surface area contributed by atoms with Crippen molar-refractivity contribution in [3.8, 4) is 16.5 Å². The maximum Gasteiger partial charge on any atom is 0.260 e. The van der Waals surface area contributed by atoms with Crippen LogP contribution in [-0.4, -0.2) is 58.4 Å². The number of benzene rings is 1. The number of H-pyrrole nitrogens is 1. The first-order chi connectivity index (χ1) is 16.6. The van der Waals surface area contributed by atoms with Gasteiger partial charge in [-0.2, -0.15) is 5.26 Å². The molecule has 0 spiro atoms. The second-order valence-corrected chi connectivity index (χ2v) is 9.92. The average Bonchev–Trinajstić information content (AvgIpc) is 3.50. The number of anilines is 1. The van der Waals surface area contributed by atoms with Crippen LogP contribution in [0.2, 0.25) is 0 Å². The van der Waals surface area contributed by atoms with Crippen molar-refractivity contribution in [2.45, 2.75) is 6.54 Å². The van der Waals surface area contributed by atoms with Gasteiger partial charge in [-0.3, -0.25) is 19.4 Å². The monoisotopic (exact) mass is 490 g/mol. The molecule has 0 bridgehead atoms. The van der Waals surface area contributed by atoms with Crippen molar-refractivity contribution in [2.75, 3.05) is 38.0 Å². The van der Waals surface area contributed by atoms with Crippen LogP contribution in [0.25, 0.3) is 20.7 Å². The number of nitrogens with zero attached hydrogens (tertiary/aromatic N) is 4. The van der Waals surface area contributed by atoms with Gasteiger partial charge in [0.2, 0.25) is 5.91 Å². The summed E-state index contributed by atoms with van der Waals surface area (Å²) in [6, 6.07) is 13.0. The summed E-state index contributed by atoms with van der Waals surface area (Å²) in [4.78, 5) is 39.1. The molecule has 0 aliphatic carbocycles. The van der Waals surface area contributed by atoms with Gasteiger partial charge in [0, 0.05) is 47.7 Å². The molecular weight excluding hydrogens is 468 g/mol. The van der Waals surface area contributed by atoms with E-state index in [-0.39, 0.29) is 11.5 Å². The van der Waals surface area contributed by atoms with Gasteiger partial charge in [0.1, 0.15) is 10.7 Å². The lowest BCUT2D eigenvalue weighted by Crippen LogP contribution is -2.48. The van der Waals surface area contributed by atoms with E-state index in [0.717, 1.165) is 41.5 Å². The van der Waals surface area contributed by atoms with Crippen molar-refractivity contribution in [1.29, 1.82) is 5.26 Å². The molecular formula is C24H22N6O2S2. The van der Waals surface area contributed by atoms with Gasteiger partial charge in [-0.1, -0.05) is 12.1 Å². The molecule has 0 atom stereocenters. The van der Waals surface area contributed by atoms with Crippen molar-refractivity contribution in [3.05, 3.63) is 68.9 Å². The van der Waals surface area contributed by atoms with Gasteiger partial charge in [0.25, 0.3) is 5.56 Å². The van der Waals surface area contributed by atoms with Crippen molar-refractivity contribution in [3.63, 3.8) is 0 Å². The fraction of sp³-hybridized carbons (Fsp3) is 0.250. The second kappa shape index (κ2) is 9.87. The molecule has 1 aliphatic rings. The van der Waals surface area contributed by atoms with E-state index in [1.54, 1.807) is 35.6 Å². The zero-order chi connectivity index (χ0) is 23.5. The van der Waals surface area contributed by atoms with Crippen LogP contribution in [0.4, 0.5) is 5.69 Å². The minimum absolute atomic E-state index is 0.0968. The highest BCUT2D eigenvalue weighted by Crippen LogP contribution is 2.33. The highest BCUT2D eigenvalue weighted by atomic mass is 32.1. The molecule has 0 saturated carbocycles. The molecule has 172 valence electrons. The smallest absolute Gasteiger partial charge is 0.260 e. The molecule has 1 aromatic carbocycles. The Labute approximate surface area is 204 Å². The summed E-state index contributed by atoms with van der Waals surface area (Å²) in [7, 11) is 0. The molecule has 2 N–H and O–H groups in total. The van der Waals surface area contributed by atoms with Crippen LogP contribution >= 0.6 is 22.7 Å². The molecule has 0 unspecified atom stereocenters. The third-order valence-corrected chi connectivity index (χ3v) is 7.54. The van der Waals surface area contributed by atoms with Crippen molar-refractivity contribution >= 4 is 44.5 Å². The van der Waals surface area contributed by atoms with E-state index < -0.39 is 0 Å². The van der Waals surface area contributed by atoms with Crippen molar-refractivity contribution < 1.29 is 4.79 Å². The summed E-state index contributed by atoms with van der Waals surface area (Å²) in [5.41, 5.74) is 1.99. The zero-order valence-corrected chi connectivity index (χ0v) is 19.9. The van der Waals surface area contributed by atoms with E-state index in [4.69, 9.17) is 10.2 Å². The molecule has 3 aromatic heterocycles. The van der Waals surface area contributed by atoms with Crippen LogP contribution in [0.1, 0.15) is 11.4 Å². The second-order valence-electron chi connectivity index (χ2n) is 8.11. The molecule has 1 aliphatic heterocycles. The standard InChI is InChI=1S/C24H22N6O2S2/c25-12-16-3-1-4-17(11-16)26-21(31)14-30-8-6-29(7-9-30)13-20-27-23(32)22-18(15-34-24(22)28-20)19-5-2-10-33-19/h1-5,10-11,15H,6-9,13-14H2,(H,26,31)(H,27,28,32). The predicted molar refractivity (Wildman–Crippen MR) is 135 cm³/mol. The Morgan fingerprint density at radius 1 is 1.15 bits per heavy atom. The van der Waals surface area contributed by atoms with E-state index in [2.05, 4.69) is 26.2 Å². The summed E-state index contributed by atoms with van der Waals surface area (Å²) < 4.78 is 0. The maximum absolute atomic E-state index is 12.8. The van der Waals surface area contributed by atoms with Gasteiger partial charge in [-0.25, -0.2) is 4.98 Å². The zero-order valence-electron chi connectivity index (χ0n) is 18.3. The van der Waals surface area contributed by atoms with Crippen LogP contribution in [0, 0.1) is 11.3 Å². The largest absolute Gasteiger partial charge is 0.325 e. The first kappa shape index (κ1) is 22.4. The Bertz CT molecular complexity index is 1410. The minimum Gasteiger partial charge on any atom is -0.325 e. The lowest BCUT2D eigenvalue weighted by molar-refractivity contribution is -0.117. The number of hydrogen-bond donors (Lipinski definition) is 2. The van der Waals surface area contributed by atoms with E-state index in [9.17, 15) is 9.59 Å². The van der Waals surface area contributed by atoms with E-state index in [0.29, 0.717) is 35.6 Å².